The fourth-order valence-electron chi connectivity index (χ4n) is 1.34. The van der Waals surface area contributed by atoms with Gasteiger partial charge in [-0.15, -0.1) is 0 Å². The van der Waals surface area contributed by atoms with Crippen LogP contribution in [0, 0.1) is 6.92 Å². The molecule has 0 atom stereocenters. The Morgan fingerprint density at radius 2 is 1.74 bits per heavy atom. The minimum atomic E-state index is -3.71. The Bertz CT molecular complexity index is 574. The SMILES string of the molecule is Cc1ccc(S(=O)(=O)NC(C)(C)C(C)(C)O)c(Br)c1. The second-order valence-electron chi connectivity index (χ2n) is 5.72. The maximum Gasteiger partial charge on any atom is 0.242 e. The maximum atomic E-state index is 12.4. The molecule has 0 saturated carbocycles. The van der Waals surface area contributed by atoms with Crippen LogP contribution in [0.5, 0.6) is 0 Å². The van der Waals surface area contributed by atoms with Crippen molar-refractivity contribution in [3.63, 3.8) is 0 Å². The van der Waals surface area contributed by atoms with E-state index in [0.717, 1.165) is 5.56 Å². The van der Waals surface area contributed by atoms with Crippen molar-refractivity contribution in [3.05, 3.63) is 28.2 Å². The monoisotopic (exact) mass is 349 g/mol. The molecule has 0 amide bonds. The van der Waals surface area contributed by atoms with Gasteiger partial charge in [-0.2, -0.15) is 0 Å². The number of sulfonamides is 1. The first-order valence-electron chi connectivity index (χ1n) is 5.89. The molecule has 0 heterocycles. The molecule has 0 saturated heterocycles. The summed E-state index contributed by atoms with van der Waals surface area (Å²) in [6.45, 7) is 8.31. The molecule has 1 aromatic carbocycles. The minimum absolute atomic E-state index is 0.162. The van der Waals surface area contributed by atoms with Crippen molar-refractivity contribution in [3.8, 4) is 0 Å². The number of rotatable bonds is 4. The molecule has 0 spiro atoms. The van der Waals surface area contributed by atoms with Gasteiger partial charge in [-0.1, -0.05) is 6.07 Å². The highest BCUT2D eigenvalue weighted by atomic mass is 79.9. The van der Waals surface area contributed by atoms with Gasteiger partial charge >= 0.3 is 0 Å². The van der Waals surface area contributed by atoms with E-state index in [1.165, 1.54) is 0 Å². The minimum Gasteiger partial charge on any atom is -0.389 e. The molecule has 108 valence electrons. The molecular weight excluding hydrogens is 330 g/mol. The number of aliphatic hydroxyl groups is 1. The van der Waals surface area contributed by atoms with Crippen LogP contribution in [-0.2, 0) is 10.0 Å². The van der Waals surface area contributed by atoms with Crippen LogP contribution in [0.15, 0.2) is 27.6 Å². The summed E-state index contributed by atoms with van der Waals surface area (Å²) in [5.41, 5.74) is -1.21. The lowest BCUT2D eigenvalue weighted by Gasteiger charge is -2.37. The topological polar surface area (TPSA) is 66.4 Å². The quantitative estimate of drug-likeness (QED) is 0.877. The number of hydrogen-bond donors (Lipinski definition) is 2. The fourth-order valence-corrected chi connectivity index (χ4v) is 4.07. The van der Waals surface area contributed by atoms with E-state index in [-0.39, 0.29) is 4.90 Å². The molecule has 4 nitrogen and oxygen atoms in total. The predicted molar refractivity (Wildman–Crippen MR) is 79.6 cm³/mol. The van der Waals surface area contributed by atoms with Gasteiger partial charge in [-0.05, 0) is 68.2 Å². The Morgan fingerprint density at radius 1 is 1.21 bits per heavy atom. The van der Waals surface area contributed by atoms with Gasteiger partial charge in [0.2, 0.25) is 10.0 Å². The number of benzene rings is 1. The number of halogens is 1. The summed E-state index contributed by atoms with van der Waals surface area (Å²) in [6, 6.07) is 5.02. The Balaban J connectivity index is 3.20. The second-order valence-corrected chi connectivity index (χ2v) is 8.23. The van der Waals surface area contributed by atoms with E-state index in [1.807, 2.05) is 6.92 Å². The van der Waals surface area contributed by atoms with Crippen LogP contribution in [0.4, 0.5) is 0 Å². The molecule has 0 aliphatic rings. The van der Waals surface area contributed by atoms with Crippen molar-refractivity contribution in [1.82, 2.24) is 4.72 Å². The third kappa shape index (κ3) is 3.78. The van der Waals surface area contributed by atoms with E-state index < -0.39 is 21.2 Å². The van der Waals surface area contributed by atoms with Gasteiger partial charge in [0.05, 0.1) is 16.0 Å². The van der Waals surface area contributed by atoms with Crippen LogP contribution >= 0.6 is 15.9 Å². The first-order valence-corrected chi connectivity index (χ1v) is 8.17. The van der Waals surface area contributed by atoms with E-state index in [9.17, 15) is 13.5 Å². The average molecular weight is 350 g/mol. The van der Waals surface area contributed by atoms with Crippen molar-refractivity contribution in [2.45, 2.75) is 50.7 Å². The van der Waals surface area contributed by atoms with Crippen molar-refractivity contribution in [2.24, 2.45) is 0 Å². The first-order chi connectivity index (χ1) is 8.37. The fraction of sp³-hybridized carbons (Fsp3) is 0.538. The molecule has 0 aliphatic heterocycles. The summed E-state index contributed by atoms with van der Waals surface area (Å²) < 4.78 is 27.8. The lowest BCUT2D eigenvalue weighted by Crippen LogP contribution is -2.57. The van der Waals surface area contributed by atoms with Crippen molar-refractivity contribution >= 4 is 26.0 Å². The van der Waals surface area contributed by atoms with E-state index in [2.05, 4.69) is 20.7 Å². The molecular formula is C13H20BrNO3S. The molecule has 0 fully saturated rings. The lowest BCUT2D eigenvalue weighted by molar-refractivity contribution is 0.00638. The predicted octanol–water partition coefficient (Wildman–Crippen LogP) is 2.59. The summed E-state index contributed by atoms with van der Waals surface area (Å²) in [6.07, 6.45) is 0. The summed E-state index contributed by atoms with van der Waals surface area (Å²) in [5.74, 6) is 0. The van der Waals surface area contributed by atoms with Gasteiger partial charge in [-0.25, -0.2) is 13.1 Å². The molecule has 0 bridgehead atoms. The Hall–Kier alpha value is -0.430. The van der Waals surface area contributed by atoms with Gasteiger partial charge in [0, 0.05) is 4.47 Å². The van der Waals surface area contributed by atoms with Crippen molar-refractivity contribution in [1.29, 1.82) is 0 Å². The largest absolute Gasteiger partial charge is 0.389 e. The summed E-state index contributed by atoms with van der Waals surface area (Å²) in [5, 5.41) is 10.0. The van der Waals surface area contributed by atoms with Crippen LogP contribution < -0.4 is 4.72 Å². The highest BCUT2D eigenvalue weighted by molar-refractivity contribution is 9.10. The second kappa shape index (κ2) is 5.16. The van der Waals surface area contributed by atoms with Gasteiger partial charge < -0.3 is 5.11 Å². The van der Waals surface area contributed by atoms with Crippen molar-refractivity contribution in [2.75, 3.05) is 0 Å². The summed E-state index contributed by atoms with van der Waals surface area (Å²) in [7, 11) is -3.71. The summed E-state index contributed by atoms with van der Waals surface area (Å²) >= 11 is 3.26. The lowest BCUT2D eigenvalue weighted by atomic mass is 9.87. The zero-order valence-corrected chi connectivity index (χ0v) is 14.2. The zero-order valence-electron chi connectivity index (χ0n) is 11.8. The van der Waals surface area contributed by atoms with Crippen LogP contribution in [0.2, 0.25) is 0 Å². The Labute approximate surface area is 123 Å². The van der Waals surface area contributed by atoms with Crippen molar-refractivity contribution < 1.29 is 13.5 Å². The third-order valence-corrected chi connectivity index (χ3v) is 5.93. The average Bonchev–Trinajstić information content (AvgIpc) is 2.12. The van der Waals surface area contributed by atoms with Crippen LogP contribution in [0.3, 0.4) is 0 Å². The highest BCUT2D eigenvalue weighted by Gasteiger charge is 2.39. The molecule has 19 heavy (non-hydrogen) atoms. The molecule has 6 heteroatoms. The van der Waals surface area contributed by atoms with Gasteiger partial charge in [0.25, 0.3) is 0 Å². The van der Waals surface area contributed by atoms with E-state index in [0.29, 0.717) is 4.47 Å². The summed E-state index contributed by atoms with van der Waals surface area (Å²) in [4.78, 5) is 0.162. The van der Waals surface area contributed by atoms with Gasteiger partial charge in [0.15, 0.2) is 0 Å². The highest BCUT2D eigenvalue weighted by Crippen LogP contribution is 2.27. The van der Waals surface area contributed by atoms with Gasteiger partial charge in [-0.3, -0.25) is 0 Å². The molecule has 1 aromatic rings. The Kier molecular flexibility index (Phi) is 4.52. The molecule has 1 rings (SSSR count). The van der Waals surface area contributed by atoms with E-state index in [1.54, 1.807) is 45.9 Å². The molecule has 0 unspecified atom stereocenters. The Morgan fingerprint density at radius 3 is 2.16 bits per heavy atom. The molecule has 0 radical (unpaired) electrons. The third-order valence-electron chi connectivity index (χ3n) is 3.30. The first kappa shape index (κ1) is 16.6. The number of hydrogen-bond acceptors (Lipinski definition) is 3. The normalized spacial score (nSPS) is 13.6. The number of aryl methyl sites for hydroxylation is 1. The van der Waals surface area contributed by atoms with Crippen LogP contribution in [0.1, 0.15) is 33.3 Å². The van der Waals surface area contributed by atoms with E-state index >= 15 is 0 Å². The van der Waals surface area contributed by atoms with Crippen LogP contribution in [-0.4, -0.2) is 24.7 Å². The number of nitrogens with one attached hydrogen (secondary N) is 1. The van der Waals surface area contributed by atoms with Gasteiger partial charge in [0.1, 0.15) is 0 Å². The standard InChI is InChI=1S/C13H20BrNO3S/c1-9-6-7-11(10(14)8-9)19(17,18)15-12(2,3)13(4,5)16/h6-8,15-16H,1-5H3. The smallest absolute Gasteiger partial charge is 0.242 e. The zero-order chi connectivity index (χ0) is 15.1. The molecule has 0 aromatic heterocycles. The molecule has 2 N–H and O–H groups in total. The maximum absolute atomic E-state index is 12.4. The van der Waals surface area contributed by atoms with Crippen LogP contribution in [0.25, 0.3) is 0 Å². The van der Waals surface area contributed by atoms with E-state index in [4.69, 9.17) is 0 Å². The molecule has 0 aliphatic carbocycles.